The number of para-hydroxylation sites is 1. The molecule has 0 spiro atoms. The van der Waals surface area contributed by atoms with Crippen LogP contribution >= 0.6 is 0 Å². The van der Waals surface area contributed by atoms with E-state index in [0.29, 0.717) is 6.41 Å². The summed E-state index contributed by atoms with van der Waals surface area (Å²) in [5.41, 5.74) is -2.06. The van der Waals surface area contributed by atoms with Crippen molar-refractivity contribution in [2.45, 2.75) is 37.7 Å². The van der Waals surface area contributed by atoms with Gasteiger partial charge in [0, 0.05) is 37.8 Å². The van der Waals surface area contributed by atoms with Gasteiger partial charge in [0.05, 0.1) is 34.4 Å². The SMILES string of the molecule is CNc1cccc(C(F)(F)F)c1N(C=O)C1CCN(C(=O)Cc2cc(C(F)(F)F)c3ncccc3c2)CC1. The summed E-state index contributed by atoms with van der Waals surface area (Å²) in [6.45, 7) is 0.274. The van der Waals surface area contributed by atoms with Gasteiger partial charge in [0.1, 0.15) is 0 Å². The minimum atomic E-state index is -4.69. The standard InChI is InChI=1S/C26H24F6N4O2/c1-33-21-6-2-5-19(25(27,28)29)24(21)36(15-37)18-7-10-35(11-8-18)22(38)14-16-12-17-4-3-9-34-23(17)20(13-16)26(30,31)32/h2-6,9,12-13,15,18,33H,7-8,10-11,14H2,1H3. The van der Waals surface area contributed by atoms with E-state index in [1.807, 2.05) is 0 Å². The third-order valence-electron chi connectivity index (χ3n) is 6.62. The van der Waals surface area contributed by atoms with Crippen molar-refractivity contribution in [3.8, 4) is 0 Å². The first-order valence-electron chi connectivity index (χ1n) is 11.8. The molecule has 0 radical (unpaired) electrons. The highest BCUT2D eigenvalue weighted by atomic mass is 19.4. The van der Waals surface area contributed by atoms with Crippen LogP contribution < -0.4 is 10.2 Å². The highest BCUT2D eigenvalue weighted by Crippen LogP contribution is 2.42. The average molecular weight is 538 g/mol. The quantitative estimate of drug-likeness (QED) is 0.332. The molecule has 1 N–H and O–H groups in total. The minimum Gasteiger partial charge on any atom is -0.386 e. The number of hydrogen-bond donors (Lipinski definition) is 1. The zero-order valence-corrected chi connectivity index (χ0v) is 20.2. The largest absolute Gasteiger partial charge is 0.418 e. The molecule has 0 unspecified atom stereocenters. The second-order valence-electron chi connectivity index (χ2n) is 8.97. The lowest BCUT2D eigenvalue weighted by molar-refractivity contribution is -0.137. The normalized spacial score (nSPS) is 15.0. The van der Waals surface area contributed by atoms with Gasteiger partial charge >= 0.3 is 12.4 Å². The number of alkyl halides is 6. The smallest absolute Gasteiger partial charge is 0.386 e. The van der Waals surface area contributed by atoms with E-state index in [4.69, 9.17) is 0 Å². The number of rotatable bonds is 6. The highest BCUT2D eigenvalue weighted by Gasteiger charge is 2.39. The number of halogens is 6. The van der Waals surface area contributed by atoms with E-state index in [1.54, 1.807) is 0 Å². The van der Waals surface area contributed by atoms with Crippen LogP contribution in [0.25, 0.3) is 10.9 Å². The van der Waals surface area contributed by atoms with Crippen molar-refractivity contribution in [1.29, 1.82) is 0 Å². The van der Waals surface area contributed by atoms with Gasteiger partial charge in [-0.15, -0.1) is 0 Å². The zero-order chi connectivity index (χ0) is 27.7. The Bertz CT molecular complexity index is 1330. The highest BCUT2D eigenvalue weighted by molar-refractivity contribution is 5.88. The molecular weight excluding hydrogens is 514 g/mol. The van der Waals surface area contributed by atoms with E-state index < -0.39 is 35.4 Å². The molecule has 1 aliphatic rings. The molecule has 2 amide bonds. The summed E-state index contributed by atoms with van der Waals surface area (Å²) in [5, 5.41) is 2.95. The number of benzene rings is 2. The number of carbonyl (C=O) groups excluding carboxylic acids is 2. The van der Waals surface area contributed by atoms with Gasteiger partial charge in [-0.25, -0.2) is 0 Å². The van der Waals surface area contributed by atoms with Crippen molar-refractivity contribution in [1.82, 2.24) is 9.88 Å². The van der Waals surface area contributed by atoms with Crippen LogP contribution in [0.4, 0.5) is 37.7 Å². The van der Waals surface area contributed by atoms with Gasteiger partial charge in [-0.05, 0) is 48.7 Å². The van der Waals surface area contributed by atoms with Crippen molar-refractivity contribution in [2.75, 3.05) is 30.4 Å². The zero-order valence-electron chi connectivity index (χ0n) is 20.2. The molecule has 0 saturated carbocycles. The Labute approximate surface area is 214 Å². The fraction of sp³-hybridized carbons (Fsp3) is 0.346. The van der Waals surface area contributed by atoms with Crippen LogP contribution in [0.5, 0.6) is 0 Å². The summed E-state index contributed by atoms with van der Waals surface area (Å²) in [5.74, 6) is -0.413. The first kappa shape index (κ1) is 27.2. The van der Waals surface area contributed by atoms with Crippen LogP contribution in [0.3, 0.4) is 0 Å². The van der Waals surface area contributed by atoms with E-state index >= 15 is 0 Å². The van der Waals surface area contributed by atoms with Crippen LogP contribution in [-0.2, 0) is 28.4 Å². The monoisotopic (exact) mass is 538 g/mol. The summed E-state index contributed by atoms with van der Waals surface area (Å²) >= 11 is 0. The number of amides is 2. The molecule has 4 rings (SSSR count). The van der Waals surface area contributed by atoms with Crippen LogP contribution in [0.2, 0.25) is 0 Å². The average Bonchev–Trinajstić information content (AvgIpc) is 2.88. The van der Waals surface area contributed by atoms with Crippen LogP contribution in [0.1, 0.15) is 29.5 Å². The lowest BCUT2D eigenvalue weighted by Gasteiger charge is -2.38. The fourth-order valence-electron chi connectivity index (χ4n) is 4.83. The first-order chi connectivity index (χ1) is 17.9. The molecule has 1 aromatic heterocycles. The Hall–Kier alpha value is -3.83. The summed E-state index contributed by atoms with van der Waals surface area (Å²) in [6.07, 6.45) is -7.59. The molecule has 3 aromatic rings. The third kappa shape index (κ3) is 5.53. The summed E-state index contributed by atoms with van der Waals surface area (Å²) in [6, 6.07) is 8.39. The molecular formula is C26H24F6N4O2. The van der Waals surface area contributed by atoms with E-state index in [9.17, 15) is 35.9 Å². The second kappa shape index (κ2) is 10.5. The maximum absolute atomic E-state index is 13.7. The van der Waals surface area contributed by atoms with Gasteiger partial charge in [-0.3, -0.25) is 14.6 Å². The fourth-order valence-corrected chi connectivity index (χ4v) is 4.83. The number of likely N-dealkylation sites (tertiary alicyclic amines) is 1. The molecule has 0 aliphatic carbocycles. The molecule has 38 heavy (non-hydrogen) atoms. The number of piperidine rings is 1. The maximum Gasteiger partial charge on any atom is 0.418 e. The van der Waals surface area contributed by atoms with Crippen LogP contribution in [-0.4, -0.2) is 48.4 Å². The molecule has 2 aromatic carbocycles. The van der Waals surface area contributed by atoms with E-state index in [2.05, 4.69) is 10.3 Å². The Balaban J connectivity index is 1.51. The molecule has 12 heteroatoms. The van der Waals surface area contributed by atoms with Gasteiger partial charge in [0.2, 0.25) is 12.3 Å². The third-order valence-corrected chi connectivity index (χ3v) is 6.62. The van der Waals surface area contributed by atoms with Crippen LogP contribution in [0.15, 0.2) is 48.7 Å². The Kier molecular flexibility index (Phi) is 7.52. The number of carbonyl (C=O) groups is 2. The lowest BCUT2D eigenvalue weighted by Crippen LogP contribution is -2.47. The van der Waals surface area contributed by atoms with E-state index in [0.717, 1.165) is 17.0 Å². The van der Waals surface area contributed by atoms with Gasteiger partial charge < -0.3 is 15.1 Å². The van der Waals surface area contributed by atoms with Crippen LogP contribution in [0, 0.1) is 0 Å². The molecule has 2 heterocycles. The molecule has 1 saturated heterocycles. The summed E-state index contributed by atoms with van der Waals surface area (Å²) in [4.78, 5) is 31.3. The molecule has 1 fully saturated rings. The number of pyridine rings is 1. The number of nitrogens with zero attached hydrogens (tertiary/aromatic N) is 3. The number of hydrogen-bond acceptors (Lipinski definition) is 4. The minimum absolute atomic E-state index is 0.136. The maximum atomic E-state index is 13.7. The number of fused-ring (bicyclic) bond motifs is 1. The van der Waals surface area contributed by atoms with Gasteiger partial charge in [-0.1, -0.05) is 12.1 Å². The number of nitrogens with one attached hydrogen (secondary N) is 1. The molecule has 0 bridgehead atoms. The van der Waals surface area contributed by atoms with Crippen molar-refractivity contribution in [3.63, 3.8) is 0 Å². The van der Waals surface area contributed by atoms with Crippen molar-refractivity contribution >= 4 is 34.6 Å². The molecule has 1 aliphatic heterocycles. The molecule has 6 nitrogen and oxygen atoms in total. The molecule has 0 atom stereocenters. The van der Waals surface area contributed by atoms with Gasteiger partial charge in [0.15, 0.2) is 0 Å². The lowest BCUT2D eigenvalue weighted by atomic mass is 9.99. The van der Waals surface area contributed by atoms with Crippen molar-refractivity contribution in [2.24, 2.45) is 0 Å². The Morgan fingerprint density at radius 3 is 2.34 bits per heavy atom. The second-order valence-corrected chi connectivity index (χ2v) is 8.97. The predicted octanol–water partition coefficient (Wildman–Crippen LogP) is 5.51. The predicted molar refractivity (Wildman–Crippen MR) is 130 cm³/mol. The van der Waals surface area contributed by atoms with E-state index in [-0.39, 0.29) is 60.2 Å². The Morgan fingerprint density at radius 1 is 1.05 bits per heavy atom. The van der Waals surface area contributed by atoms with E-state index in [1.165, 1.54) is 48.5 Å². The summed E-state index contributed by atoms with van der Waals surface area (Å²) in [7, 11) is 1.45. The van der Waals surface area contributed by atoms with Crippen molar-refractivity contribution < 1.29 is 35.9 Å². The summed E-state index contributed by atoms with van der Waals surface area (Å²) < 4.78 is 81.9. The molecule has 202 valence electrons. The van der Waals surface area contributed by atoms with Gasteiger partial charge in [-0.2, -0.15) is 26.3 Å². The first-order valence-corrected chi connectivity index (χ1v) is 11.8. The topological polar surface area (TPSA) is 65.5 Å². The van der Waals surface area contributed by atoms with Gasteiger partial charge in [0.25, 0.3) is 0 Å². The Morgan fingerprint density at radius 2 is 1.74 bits per heavy atom. The number of anilines is 2. The van der Waals surface area contributed by atoms with Crippen molar-refractivity contribution in [3.05, 3.63) is 65.4 Å². The number of aromatic nitrogens is 1.